The smallest absolute Gasteiger partial charge is 0.309 e. The first-order valence-corrected chi connectivity index (χ1v) is 6.37. The van der Waals surface area contributed by atoms with Crippen molar-refractivity contribution in [1.29, 1.82) is 0 Å². The van der Waals surface area contributed by atoms with E-state index in [1.807, 2.05) is 24.3 Å². The molecule has 94 valence electrons. The summed E-state index contributed by atoms with van der Waals surface area (Å²) < 4.78 is 0. The van der Waals surface area contributed by atoms with Crippen LogP contribution < -0.4 is 0 Å². The first-order valence-electron chi connectivity index (χ1n) is 6.37. The molecule has 18 heavy (non-hydrogen) atoms. The molecule has 0 saturated heterocycles. The van der Waals surface area contributed by atoms with Crippen LogP contribution in [0.15, 0.2) is 24.3 Å². The third-order valence-electron chi connectivity index (χ3n) is 3.81. The van der Waals surface area contributed by atoms with Crippen LogP contribution in [0.1, 0.15) is 31.5 Å². The summed E-state index contributed by atoms with van der Waals surface area (Å²) in [6.45, 7) is 0. The van der Waals surface area contributed by atoms with Crippen LogP contribution in [0, 0.1) is 5.41 Å². The van der Waals surface area contributed by atoms with Crippen molar-refractivity contribution in [2.24, 2.45) is 5.41 Å². The van der Waals surface area contributed by atoms with Crippen LogP contribution in [0.2, 0.25) is 0 Å². The molecule has 1 fully saturated rings. The van der Waals surface area contributed by atoms with Crippen molar-refractivity contribution in [3.8, 4) is 0 Å². The van der Waals surface area contributed by atoms with Gasteiger partial charge in [-0.1, -0.05) is 12.1 Å². The number of imidazole rings is 1. The van der Waals surface area contributed by atoms with Gasteiger partial charge in [-0.15, -0.1) is 0 Å². The molecule has 1 aliphatic carbocycles. The van der Waals surface area contributed by atoms with Crippen molar-refractivity contribution in [3.63, 3.8) is 0 Å². The normalized spacial score (nSPS) is 16.9. The van der Waals surface area contributed by atoms with Gasteiger partial charge in [0, 0.05) is 6.42 Å². The standard InChI is InChI=1S/C14H16N2O2/c17-13(18)14(8-9-14)7-3-6-12-15-10-4-1-2-5-11(10)16-12/h1-2,4-5H,3,6-9H2,(H,15,16)(H,17,18). The largest absolute Gasteiger partial charge is 0.481 e. The number of nitrogens with one attached hydrogen (secondary N) is 1. The van der Waals surface area contributed by atoms with E-state index in [0.29, 0.717) is 0 Å². The average Bonchev–Trinajstić information content (AvgIpc) is 3.03. The van der Waals surface area contributed by atoms with Gasteiger partial charge in [-0.2, -0.15) is 0 Å². The number of carboxylic acid groups (broad SMARTS) is 1. The minimum atomic E-state index is -0.632. The molecule has 0 unspecified atom stereocenters. The van der Waals surface area contributed by atoms with Crippen molar-refractivity contribution in [3.05, 3.63) is 30.1 Å². The zero-order chi connectivity index (χ0) is 12.6. The molecule has 4 heteroatoms. The molecular formula is C14H16N2O2. The molecule has 1 aromatic heterocycles. The van der Waals surface area contributed by atoms with E-state index >= 15 is 0 Å². The molecule has 0 radical (unpaired) electrons. The zero-order valence-electron chi connectivity index (χ0n) is 10.1. The second kappa shape index (κ2) is 4.12. The second-order valence-electron chi connectivity index (χ2n) is 5.14. The number of rotatable bonds is 5. The van der Waals surface area contributed by atoms with Gasteiger partial charge in [0.15, 0.2) is 0 Å². The van der Waals surface area contributed by atoms with Gasteiger partial charge in [0.1, 0.15) is 5.82 Å². The van der Waals surface area contributed by atoms with Gasteiger partial charge in [-0.3, -0.25) is 4.79 Å². The van der Waals surface area contributed by atoms with Crippen LogP contribution in [0.5, 0.6) is 0 Å². The molecule has 2 N–H and O–H groups in total. The first-order chi connectivity index (χ1) is 8.70. The van der Waals surface area contributed by atoms with Crippen molar-refractivity contribution in [2.45, 2.75) is 32.1 Å². The number of carbonyl (C=O) groups is 1. The molecule has 1 aromatic carbocycles. The predicted octanol–water partition coefficient (Wildman–Crippen LogP) is 2.75. The number of H-pyrrole nitrogens is 1. The Kier molecular flexibility index (Phi) is 2.58. The van der Waals surface area contributed by atoms with E-state index in [4.69, 9.17) is 5.11 Å². The zero-order valence-corrected chi connectivity index (χ0v) is 10.1. The van der Waals surface area contributed by atoms with E-state index < -0.39 is 11.4 Å². The number of carboxylic acids is 1. The molecule has 1 heterocycles. The molecule has 1 aliphatic rings. The third kappa shape index (κ3) is 1.98. The lowest BCUT2D eigenvalue weighted by molar-refractivity contribution is -0.143. The number of benzene rings is 1. The first kappa shape index (κ1) is 11.3. The Morgan fingerprint density at radius 3 is 2.83 bits per heavy atom. The van der Waals surface area contributed by atoms with E-state index in [9.17, 15) is 4.79 Å². The molecule has 1 saturated carbocycles. The van der Waals surface area contributed by atoms with Gasteiger partial charge < -0.3 is 10.1 Å². The summed E-state index contributed by atoms with van der Waals surface area (Å²) >= 11 is 0. The Balaban J connectivity index is 1.62. The maximum atomic E-state index is 11.0. The van der Waals surface area contributed by atoms with Gasteiger partial charge in [-0.05, 0) is 37.8 Å². The summed E-state index contributed by atoms with van der Waals surface area (Å²) in [7, 11) is 0. The van der Waals surface area contributed by atoms with Gasteiger partial charge >= 0.3 is 5.97 Å². The Morgan fingerprint density at radius 2 is 2.17 bits per heavy atom. The van der Waals surface area contributed by atoms with E-state index in [-0.39, 0.29) is 0 Å². The van der Waals surface area contributed by atoms with Gasteiger partial charge in [-0.25, -0.2) is 4.98 Å². The number of aliphatic carboxylic acids is 1. The van der Waals surface area contributed by atoms with E-state index in [1.165, 1.54) is 0 Å². The van der Waals surface area contributed by atoms with Crippen molar-refractivity contribution < 1.29 is 9.90 Å². The lowest BCUT2D eigenvalue weighted by atomic mass is 9.99. The van der Waals surface area contributed by atoms with Crippen LogP contribution in [0.3, 0.4) is 0 Å². The molecule has 0 atom stereocenters. The molecule has 0 aliphatic heterocycles. The van der Waals surface area contributed by atoms with Crippen LogP contribution in [0.25, 0.3) is 11.0 Å². The number of hydrogen-bond donors (Lipinski definition) is 2. The van der Waals surface area contributed by atoms with Crippen molar-refractivity contribution in [1.82, 2.24) is 9.97 Å². The van der Waals surface area contributed by atoms with Crippen molar-refractivity contribution >= 4 is 17.0 Å². The fourth-order valence-electron chi connectivity index (χ4n) is 2.44. The summed E-state index contributed by atoms with van der Waals surface area (Å²) in [6.07, 6.45) is 4.14. The predicted molar refractivity (Wildman–Crippen MR) is 68.3 cm³/mol. The maximum absolute atomic E-state index is 11.0. The van der Waals surface area contributed by atoms with Crippen LogP contribution >= 0.6 is 0 Å². The highest BCUT2D eigenvalue weighted by molar-refractivity contribution is 5.77. The number of fused-ring (bicyclic) bond motifs is 1. The molecule has 3 rings (SSSR count). The average molecular weight is 244 g/mol. The lowest BCUT2D eigenvalue weighted by Gasteiger charge is -2.07. The SMILES string of the molecule is O=C(O)C1(CCCc2nc3ccccc3[nH]2)CC1. The van der Waals surface area contributed by atoms with E-state index in [2.05, 4.69) is 9.97 Å². The second-order valence-corrected chi connectivity index (χ2v) is 5.14. The van der Waals surface area contributed by atoms with Gasteiger partial charge in [0.25, 0.3) is 0 Å². The van der Waals surface area contributed by atoms with Crippen LogP contribution in [0.4, 0.5) is 0 Å². The number of para-hydroxylation sites is 2. The van der Waals surface area contributed by atoms with Crippen LogP contribution in [-0.4, -0.2) is 21.0 Å². The lowest BCUT2D eigenvalue weighted by Crippen LogP contribution is -2.14. The monoisotopic (exact) mass is 244 g/mol. The fraction of sp³-hybridized carbons (Fsp3) is 0.429. The summed E-state index contributed by atoms with van der Waals surface area (Å²) in [5, 5.41) is 9.09. The minimum absolute atomic E-state index is 0.411. The molecule has 0 amide bonds. The number of nitrogens with zero attached hydrogens (tertiary/aromatic N) is 1. The van der Waals surface area contributed by atoms with Gasteiger partial charge in [0.2, 0.25) is 0 Å². The molecule has 4 nitrogen and oxygen atoms in total. The number of hydrogen-bond acceptors (Lipinski definition) is 2. The number of aryl methyl sites for hydroxylation is 1. The Hall–Kier alpha value is -1.84. The molecule has 0 spiro atoms. The van der Waals surface area contributed by atoms with E-state index in [1.54, 1.807) is 0 Å². The highest BCUT2D eigenvalue weighted by Gasteiger charge is 2.49. The van der Waals surface area contributed by atoms with Gasteiger partial charge in [0.05, 0.1) is 16.4 Å². The fourth-order valence-corrected chi connectivity index (χ4v) is 2.44. The minimum Gasteiger partial charge on any atom is -0.481 e. The molecule has 0 bridgehead atoms. The Bertz CT molecular complexity index is 551. The quantitative estimate of drug-likeness (QED) is 0.849. The third-order valence-corrected chi connectivity index (χ3v) is 3.81. The topological polar surface area (TPSA) is 66.0 Å². The summed E-state index contributed by atoms with van der Waals surface area (Å²) in [4.78, 5) is 18.8. The number of aromatic amines is 1. The number of aromatic nitrogens is 2. The van der Waals surface area contributed by atoms with E-state index in [0.717, 1.165) is 49.0 Å². The Morgan fingerprint density at radius 1 is 1.39 bits per heavy atom. The van der Waals surface area contributed by atoms with Crippen LogP contribution in [-0.2, 0) is 11.2 Å². The maximum Gasteiger partial charge on any atom is 0.309 e. The highest BCUT2D eigenvalue weighted by Crippen LogP contribution is 2.49. The summed E-state index contributed by atoms with van der Waals surface area (Å²) in [5.41, 5.74) is 1.62. The van der Waals surface area contributed by atoms with Crippen molar-refractivity contribution in [2.75, 3.05) is 0 Å². The molecular weight excluding hydrogens is 228 g/mol. The Labute approximate surface area is 105 Å². The molecule has 2 aromatic rings. The highest BCUT2D eigenvalue weighted by atomic mass is 16.4. The summed E-state index contributed by atoms with van der Waals surface area (Å²) in [5.74, 6) is 0.324. The summed E-state index contributed by atoms with van der Waals surface area (Å²) in [6, 6.07) is 7.94.